The van der Waals surface area contributed by atoms with Gasteiger partial charge in [0.25, 0.3) is 0 Å². The minimum Gasteiger partial charge on any atom is -0.385 e. The lowest BCUT2D eigenvalue weighted by molar-refractivity contribution is -0.115. The van der Waals surface area contributed by atoms with Crippen molar-refractivity contribution in [3.63, 3.8) is 0 Å². The quantitative estimate of drug-likeness (QED) is 0.842. The van der Waals surface area contributed by atoms with Gasteiger partial charge in [0.1, 0.15) is 5.82 Å². The van der Waals surface area contributed by atoms with Crippen molar-refractivity contribution in [1.29, 1.82) is 0 Å². The van der Waals surface area contributed by atoms with Crippen LogP contribution in [0.25, 0.3) is 0 Å². The fourth-order valence-electron chi connectivity index (χ4n) is 1.86. The molecule has 2 aromatic rings. The fourth-order valence-corrected chi connectivity index (χ4v) is 2.11. The molecule has 0 aliphatic carbocycles. The topological polar surface area (TPSA) is 41.1 Å². The second-order valence-electron chi connectivity index (χ2n) is 4.70. The Labute approximate surface area is 131 Å². The average Bonchev–Trinajstić information content (AvgIpc) is 2.43. The summed E-state index contributed by atoms with van der Waals surface area (Å²) in [6, 6.07) is 11.8. The van der Waals surface area contributed by atoms with Crippen LogP contribution in [-0.2, 0) is 4.79 Å². The number of nitrogens with one attached hydrogen (secondary N) is 2. The van der Waals surface area contributed by atoms with Gasteiger partial charge in [-0.3, -0.25) is 4.79 Å². The smallest absolute Gasteiger partial charge is 0.226 e. The normalized spacial score (nSPS) is 10.2. The van der Waals surface area contributed by atoms with Crippen LogP contribution >= 0.6 is 15.9 Å². The van der Waals surface area contributed by atoms with Crippen LogP contribution in [0.4, 0.5) is 15.8 Å². The molecule has 0 aromatic heterocycles. The van der Waals surface area contributed by atoms with Gasteiger partial charge in [0, 0.05) is 28.8 Å². The second-order valence-corrected chi connectivity index (χ2v) is 5.55. The highest BCUT2D eigenvalue weighted by atomic mass is 79.9. The molecule has 0 unspecified atom stereocenters. The molecular weight excluding hydrogens is 335 g/mol. The summed E-state index contributed by atoms with van der Waals surface area (Å²) in [6.07, 6.45) is 0.311. The molecule has 0 aliphatic rings. The number of rotatable bonds is 5. The molecule has 0 fully saturated rings. The molecule has 0 heterocycles. The van der Waals surface area contributed by atoms with E-state index >= 15 is 0 Å². The van der Waals surface area contributed by atoms with Crippen molar-refractivity contribution < 1.29 is 9.18 Å². The minimum absolute atomic E-state index is 0.151. The third kappa shape index (κ3) is 4.86. The van der Waals surface area contributed by atoms with Crippen LogP contribution in [0.2, 0.25) is 0 Å². The fraction of sp³-hybridized carbons (Fsp3) is 0.188. The summed E-state index contributed by atoms with van der Waals surface area (Å²) in [5, 5.41) is 5.85. The number of hydrogen-bond acceptors (Lipinski definition) is 2. The summed E-state index contributed by atoms with van der Waals surface area (Å²) in [5.41, 5.74) is 2.57. The summed E-state index contributed by atoms with van der Waals surface area (Å²) < 4.78 is 14.0. The maximum atomic E-state index is 13.0. The molecule has 0 saturated heterocycles. The molecule has 5 heteroatoms. The molecule has 2 rings (SSSR count). The number of carbonyl (C=O) groups excluding carboxylic acids is 1. The summed E-state index contributed by atoms with van der Waals surface area (Å²) >= 11 is 3.44. The van der Waals surface area contributed by atoms with Crippen LogP contribution in [0.3, 0.4) is 0 Å². The van der Waals surface area contributed by atoms with Gasteiger partial charge in [0.05, 0.1) is 0 Å². The molecule has 0 saturated carbocycles. The van der Waals surface area contributed by atoms with E-state index in [-0.39, 0.29) is 11.7 Å². The Balaban J connectivity index is 1.80. The number of benzene rings is 2. The van der Waals surface area contributed by atoms with Gasteiger partial charge in [-0.1, -0.05) is 22.0 Å². The van der Waals surface area contributed by atoms with E-state index in [4.69, 9.17) is 0 Å². The predicted octanol–water partition coefficient (Wildman–Crippen LogP) is 4.34. The summed E-state index contributed by atoms with van der Waals surface area (Å²) in [4.78, 5) is 11.8. The van der Waals surface area contributed by atoms with Gasteiger partial charge in [0.2, 0.25) is 5.91 Å². The first kappa shape index (κ1) is 15.5. The summed E-state index contributed by atoms with van der Waals surface area (Å²) in [5.74, 6) is -0.516. The van der Waals surface area contributed by atoms with Crippen molar-refractivity contribution in [2.75, 3.05) is 17.2 Å². The van der Waals surface area contributed by atoms with Crippen LogP contribution in [0.1, 0.15) is 12.0 Å². The minimum atomic E-state index is -0.365. The Morgan fingerprint density at radius 3 is 2.71 bits per heavy atom. The van der Waals surface area contributed by atoms with Crippen LogP contribution in [-0.4, -0.2) is 12.5 Å². The molecule has 0 radical (unpaired) electrons. The maximum Gasteiger partial charge on any atom is 0.226 e. The molecule has 21 heavy (non-hydrogen) atoms. The van der Waals surface area contributed by atoms with E-state index in [1.807, 2.05) is 25.1 Å². The third-order valence-electron chi connectivity index (χ3n) is 2.95. The molecule has 0 aliphatic heterocycles. The molecule has 0 spiro atoms. The maximum absolute atomic E-state index is 13.0. The van der Waals surface area contributed by atoms with Crippen molar-refractivity contribution in [3.8, 4) is 0 Å². The number of hydrogen-bond donors (Lipinski definition) is 2. The molecular formula is C16H16BrFN2O. The van der Waals surface area contributed by atoms with Gasteiger partial charge in [-0.15, -0.1) is 0 Å². The van der Waals surface area contributed by atoms with Crippen LogP contribution < -0.4 is 10.6 Å². The van der Waals surface area contributed by atoms with E-state index < -0.39 is 0 Å². The molecule has 0 atom stereocenters. The SMILES string of the molecule is Cc1cc(NCCC(=O)Nc2cccc(F)c2)ccc1Br. The lowest BCUT2D eigenvalue weighted by Gasteiger charge is -2.09. The van der Waals surface area contributed by atoms with Crippen LogP contribution in [0.15, 0.2) is 46.9 Å². The number of carbonyl (C=O) groups is 1. The predicted molar refractivity (Wildman–Crippen MR) is 87.0 cm³/mol. The van der Waals surface area contributed by atoms with E-state index in [9.17, 15) is 9.18 Å². The monoisotopic (exact) mass is 350 g/mol. The molecule has 2 aromatic carbocycles. The first-order valence-corrected chi connectivity index (χ1v) is 7.39. The van der Waals surface area contributed by atoms with Gasteiger partial charge < -0.3 is 10.6 Å². The van der Waals surface area contributed by atoms with Gasteiger partial charge in [-0.2, -0.15) is 0 Å². The Hall–Kier alpha value is -1.88. The number of anilines is 2. The average molecular weight is 351 g/mol. The number of amides is 1. The van der Waals surface area contributed by atoms with E-state index in [0.717, 1.165) is 15.7 Å². The third-order valence-corrected chi connectivity index (χ3v) is 3.84. The Bertz CT molecular complexity index is 646. The zero-order chi connectivity index (χ0) is 15.2. The molecule has 2 N–H and O–H groups in total. The molecule has 110 valence electrons. The molecule has 0 bridgehead atoms. The van der Waals surface area contributed by atoms with E-state index in [1.54, 1.807) is 12.1 Å². The van der Waals surface area contributed by atoms with E-state index in [0.29, 0.717) is 18.7 Å². The van der Waals surface area contributed by atoms with Gasteiger partial charge in [-0.25, -0.2) is 4.39 Å². The van der Waals surface area contributed by atoms with Crippen molar-refractivity contribution in [2.24, 2.45) is 0 Å². The Kier molecular flexibility index (Phi) is 5.33. The van der Waals surface area contributed by atoms with Gasteiger partial charge in [-0.05, 0) is 48.9 Å². The number of aryl methyl sites for hydroxylation is 1. The van der Waals surface area contributed by atoms with Crippen molar-refractivity contribution in [3.05, 3.63) is 58.3 Å². The standard InChI is InChI=1S/C16H16BrFN2O/c1-11-9-13(5-6-15(11)17)19-8-7-16(21)20-14-4-2-3-12(18)10-14/h2-6,9-10,19H,7-8H2,1H3,(H,20,21). The zero-order valence-corrected chi connectivity index (χ0v) is 13.2. The molecule has 1 amide bonds. The summed E-state index contributed by atoms with van der Waals surface area (Å²) in [6.45, 7) is 2.52. The number of halogens is 2. The first-order chi connectivity index (χ1) is 10.0. The highest BCUT2D eigenvalue weighted by molar-refractivity contribution is 9.10. The van der Waals surface area contributed by atoms with Gasteiger partial charge >= 0.3 is 0 Å². The highest BCUT2D eigenvalue weighted by Gasteiger charge is 2.03. The lowest BCUT2D eigenvalue weighted by Crippen LogP contribution is -2.16. The van der Waals surface area contributed by atoms with Crippen molar-refractivity contribution >= 4 is 33.2 Å². The first-order valence-electron chi connectivity index (χ1n) is 6.60. The molecule has 3 nitrogen and oxygen atoms in total. The lowest BCUT2D eigenvalue weighted by atomic mass is 10.2. The van der Waals surface area contributed by atoms with Crippen LogP contribution in [0, 0.1) is 12.7 Å². The van der Waals surface area contributed by atoms with Gasteiger partial charge in [0.15, 0.2) is 0 Å². The Morgan fingerprint density at radius 2 is 2.00 bits per heavy atom. The van der Waals surface area contributed by atoms with E-state index in [1.165, 1.54) is 12.1 Å². The van der Waals surface area contributed by atoms with Crippen LogP contribution in [0.5, 0.6) is 0 Å². The largest absolute Gasteiger partial charge is 0.385 e. The van der Waals surface area contributed by atoms with E-state index in [2.05, 4.69) is 26.6 Å². The van der Waals surface area contributed by atoms with Crippen molar-refractivity contribution in [2.45, 2.75) is 13.3 Å². The zero-order valence-electron chi connectivity index (χ0n) is 11.6. The second kappa shape index (κ2) is 7.22. The Morgan fingerprint density at radius 1 is 1.19 bits per heavy atom. The van der Waals surface area contributed by atoms with Crippen molar-refractivity contribution in [1.82, 2.24) is 0 Å². The summed E-state index contributed by atoms with van der Waals surface area (Å²) in [7, 11) is 0. The highest BCUT2D eigenvalue weighted by Crippen LogP contribution is 2.19.